The molecular formula is C7H4BClF3KO. The first kappa shape index (κ1) is 14.7. The Kier molecular flexibility index (Phi) is 5.94. The molecule has 1 rings (SSSR count). The number of hydrogen-bond donors (Lipinski definition) is 0. The molecule has 0 N–H and O–H groups in total. The minimum atomic E-state index is -5.06. The van der Waals surface area contributed by atoms with E-state index >= 15 is 0 Å². The van der Waals surface area contributed by atoms with Crippen LogP contribution in [-0.4, -0.2) is 13.3 Å². The minimum Gasteiger partial charge on any atom is -0.445 e. The number of carbonyl (C=O) groups excluding carboxylic acids is 1. The van der Waals surface area contributed by atoms with E-state index in [1.807, 2.05) is 0 Å². The Morgan fingerprint density at radius 1 is 1.29 bits per heavy atom. The van der Waals surface area contributed by atoms with E-state index in [0.717, 1.165) is 18.2 Å². The fourth-order valence-electron chi connectivity index (χ4n) is 0.856. The van der Waals surface area contributed by atoms with Crippen LogP contribution in [-0.2, 0) is 0 Å². The summed E-state index contributed by atoms with van der Waals surface area (Å²) in [7, 11) is 0. The summed E-state index contributed by atoms with van der Waals surface area (Å²) < 4.78 is 36.4. The van der Waals surface area contributed by atoms with Gasteiger partial charge < -0.3 is 12.9 Å². The van der Waals surface area contributed by atoms with Crippen LogP contribution in [0, 0.1) is 0 Å². The summed E-state index contributed by atoms with van der Waals surface area (Å²) in [5.41, 5.74) is -0.954. The van der Waals surface area contributed by atoms with Crippen molar-refractivity contribution in [2.45, 2.75) is 0 Å². The van der Waals surface area contributed by atoms with E-state index in [0.29, 0.717) is 6.29 Å². The predicted molar refractivity (Wildman–Crippen MR) is 45.6 cm³/mol. The van der Waals surface area contributed by atoms with Gasteiger partial charge in [0.1, 0.15) is 0 Å². The van der Waals surface area contributed by atoms with Crippen molar-refractivity contribution < 1.29 is 69.1 Å². The van der Waals surface area contributed by atoms with Crippen LogP contribution in [0.4, 0.5) is 12.9 Å². The first-order chi connectivity index (χ1) is 5.95. The molecule has 0 aromatic heterocycles. The van der Waals surface area contributed by atoms with Gasteiger partial charge in [-0.2, -0.15) is 0 Å². The standard InChI is InChI=1S/C7H4BClF3O.K/c9-7-2-1-6(8(10,11)12)3-5(7)4-13;/h1-4H;/q-1;+1. The maximum atomic E-state index is 12.1. The second-order valence-corrected chi connectivity index (χ2v) is 2.88. The van der Waals surface area contributed by atoms with Crippen molar-refractivity contribution in [3.05, 3.63) is 28.8 Å². The first-order valence-corrected chi connectivity index (χ1v) is 3.77. The van der Waals surface area contributed by atoms with E-state index in [9.17, 15) is 17.7 Å². The summed E-state index contributed by atoms with van der Waals surface area (Å²) in [6, 6.07) is 2.67. The SMILES string of the molecule is O=Cc1cc([B-](F)(F)F)ccc1Cl.[K+]. The second kappa shape index (κ2) is 5.67. The molecule has 7 heteroatoms. The molecule has 0 amide bonds. The van der Waals surface area contributed by atoms with Crippen molar-refractivity contribution in [1.82, 2.24) is 0 Å². The summed E-state index contributed by atoms with van der Waals surface area (Å²) in [5.74, 6) is 0. The third-order valence-electron chi connectivity index (χ3n) is 1.52. The Morgan fingerprint density at radius 2 is 1.86 bits per heavy atom. The third kappa shape index (κ3) is 3.68. The Bertz CT molecular complexity index is 342. The molecule has 0 aliphatic rings. The largest absolute Gasteiger partial charge is 1.00 e. The van der Waals surface area contributed by atoms with Gasteiger partial charge in [-0.1, -0.05) is 23.7 Å². The Morgan fingerprint density at radius 3 is 2.29 bits per heavy atom. The molecule has 0 aliphatic heterocycles. The van der Waals surface area contributed by atoms with Crippen LogP contribution in [0.15, 0.2) is 18.2 Å². The van der Waals surface area contributed by atoms with Crippen molar-refractivity contribution in [2.24, 2.45) is 0 Å². The molecule has 0 aliphatic carbocycles. The average molecular weight is 246 g/mol. The maximum Gasteiger partial charge on any atom is 1.00 e. The zero-order valence-electron chi connectivity index (χ0n) is 7.31. The summed E-state index contributed by atoms with van der Waals surface area (Å²) in [6.45, 7) is -5.06. The van der Waals surface area contributed by atoms with Gasteiger partial charge in [0.15, 0.2) is 6.29 Å². The Labute approximate surface area is 126 Å². The topological polar surface area (TPSA) is 17.1 Å². The number of rotatable bonds is 2. The molecular weight excluding hydrogens is 242 g/mol. The Balaban J connectivity index is 0.00000169. The number of halogens is 4. The summed E-state index contributed by atoms with van der Waals surface area (Å²) in [6.07, 6.45) is 0.299. The molecule has 0 spiro atoms. The van der Waals surface area contributed by atoms with Gasteiger partial charge in [-0.15, -0.1) is 5.46 Å². The Hall–Kier alpha value is 0.671. The van der Waals surface area contributed by atoms with E-state index in [1.54, 1.807) is 0 Å². The fourth-order valence-corrected chi connectivity index (χ4v) is 1.02. The molecule has 0 atom stereocenters. The van der Waals surface area contributed by atoms with Gasteiger partial charge in [-0.05, 0) is 6.07 Å². The van der Waals surface area contributed by atoms with Crippen LogP contribution >= 0.6 is 11.6 Å². The number of benzene rings is 1. The molecule has 0 bridgehead atoms. The molecule has 0 saturated heterocycles. The molecule has 1 aromatic carbocycles. The zero-order chi connectivity index (χ0) is 10.1. The van der Waals surface area contributed by atoms with Crippen molar-refractivity contribution >= 4 is 30.3 Å². The van der Waals surface area contributed by atoms with Gasteiger partial charge in [-0.3, -0.25) is 4.79 Å². The van der Waals surface area contributed by atoms with Crippen molar-refractivity contribution in [3.63, 3.8) is 0 Å². The van der Waals surface area contributed by atoms with Crippen molar-refractivity contribution in [2.75, 3.05) is 0 Å². The van der Waals surface area contributed by atoms with Gasteiger partial charge in [0.25, 0.3) is 0 Å². The van der Waals surface area contributed by atoms with Gasteiger partial charge in [-0.25, -0.2) is 0 Å². The second-order valence-electron chi connectivity index (χ2n) is 2.47. The zero-order valence-corrected chi connectivity index (χ0v) is 11.2. The third-order valence-corrected chi connectivity index (χ3v) is 1.87. The summed E-state index contributed by atoms with van der Waals surface area (Å²) in [5, 5.41) is 0.0267. The number of hydrogen-bond acceptors (Lipinski definition) is 1. The molecule has 0 saturated carbocycles. The van der Waals surface area contributed by atoms with Gasteiger partial charge >= 0.3 is 58.4 Å². The van der Waals surface area contributed by atoms with Crippen molar-refractivity contribution in [1.29, 1.82) is 0 Å². The maximum absolute atomic E-state index is 12.1. The van der Waals surface area contributed by atoms with Gasteiger partial charge in [0, 0.05) is 5.56 Å². The fraction of sp³-hybridized carbons (Fsp3) is 0. The molecule has 0 unspecified atom stereocenters. The molecule has 70 valence electrons. The van der Waals surface area contributed by atoms with E-state index in [1.165, 1.54) is 0 Å². The van der Waals surface area contributed by atoms with E-state index < -0.39 is 12.4 Å². The van der Waals surface area contributed by atoms with Crippen molar-refractivity contribution in [3.8, 4) is 0 Å². The van der Waals surface area contributed by atoms with Crippen LogP contribution in [0.25, 0.3) is 0 Å². The van der Waals surface area contributed by atoms with E-state index in [4.69, 9.17) is 11.6 Å². The van der Waals surface area contributed by atoms with Crippen LogP contribution < -0.4 is 56.8 Å². The monoisotopic (exact) mass is 246 g/mol. The summed E-state index contributed by atoms with van der Waals surface area (Å²) in [4.78, 5) is 10.3. The van der Waals surface area contributed by atoms with Crippen LogP contribution in [0.5, 0.6) is 0 Å². The quantitative estimate of drug-likeness (QED) is 0.494. The van der Waals surface area contributed by atoms with Crippen LogP contribution in [0.2, 0.25) is 5.02 Å². The first-order valence-electron chi connectivity index (χ1n) is 3.39. The molecule has 0 radical (unpaired) electrons. The van der Waals surface area contributed by atoms with Crippen LogP contribution in [0.1, 0.15) is 10.4 Å². The van der Waals surface area contributed by atoms with Gasteiger partial charge in [0.2, 0.25) is 0 Å². The van der Waals surface area contributed by atoms with E-state index in [2.05, 4.69) is 0 Å². The molecule has 14 heavy (non-hydrogen) atoms. The molecule has 1 nitrogen and oxygen atoms in total. The number of carbonyl (C=O) groups is 1. The molecule has 0 fully saturated rings. The summed E-state index contributed by atoms with van der Waals surface area (Å²) >= 11 is 5.45. The molecule has 0 heterocycles. The smallest absolute Gasteiger partial charge is 0.445 e. The average Bonchev–Trinajstić information content (AvgIpc) is 2.03. The minimum absolute atomic E-state index is 0. The number of aldehydes is 1. The van der Waals surface area contributed by atoms with E-state index in [-0.39, 0.29) is 62.0 Å². The molecule has 1 aromatic rings. The normalized spacial score (nSPS) is 10.6. The van der Waals surface area contributed by atoms with Crippen LogP contribution in [0.3, 0.4) is 0 Å². The van der Waals surface area contributed by atoms with Gasteiger partial charge in [0.05, 0.1) is 5.02 Å². The predicted octanol–water partition coefficient (Wildman–Crippen LogP) is -0.789.